The highest BCUT2D eigenvalue weighted by Crippen LogP contribution is 2.29. The van der Waals surface area contributed by atoms with Crippen molar-refractivity contribution in [3.63, 3.8) is 0 Å². The molecule has 110 valence electrons. The van der Waals surface area contributed by atoms with E-state index in [1.807, 2.05) is 0 Å². The first-order chi connectivity index (χ1) is 9.51. The average molecular weight is 341 g/mol. The fraction of sp³-hybridized carbons (Fsp3) is 0.571. The van der Waals surface area contributed by atoms with Crippen LogP contribution in [0.5, 0.6) is 0 Å². The zero-order chi connectivity index (χ0) is 14.7. The number of nitrogen functional groups attached to an aromatic ring is 1. The summed E-state index contributed by atoms with van der Waals surface area (Å²) in [6, 6.07) is 1.96. The molecule has 1 amide bonds. The number of pyridine rings is 1. The van der Waals surface area contributed by atoms with E-state index >= 15 is 0 Å². The molecule has 1 fully saturated rings. The van der Waals surface area contributed by atoms with E-state index in [1.165, 1.54) is 0 Å². The van der Waals surface area contributed by atoms with Gasteiger partial charge in [0.2, 0.25) is 0 Å². The summed E-state index contributed by atoms with van der Waals surface area (Å²) < 4.78 is 0.757. The lowest BCUT2D eigenvalue weighted by atomic mass is 9.79. The summed E-state index contributed by atoms with van der Waals surface area (Å²) in [6.45, 7) is 4.52. The normalized spacial score (nSPS) is 26.1. The van der Waals surface area contributed by atoms with Gasteiger partial charge in [-0.3, -0.25) is 4.79 Å². The lowest BCUT2D eigenvalue weighted by Gasteiger charge is -2.32. The standard InChI is InChI=1S/C14H21BrN4O/c1-8-3-4-11(5-9(8)2)18-14(20)12-6-10(15)7-17-13(12)19-16/h6-9,11H,3-5,16H2,1-2H3,(H,17,19)(H,18,20). The number of hydrogen-bond acceptors (Lipinski definition) is 4. The van der Waals surface area contributed by atoms with Crippen molar-refractivity contribution in [1.29, 1.82) is 0 Å². The molecule has 4 N–H and O–H groups in total. The van der Waals surface area contributed by atoms with Crippen LogP contribution in [0.25, 0.3) is 0 Å². The quantitative estimate of drug-likeness (QED) is 0.583. The van der Waals surface area contributed by atoms with Gasteiger partial charge in [0.25, 0.3) is 5.91 Å². The first-order valence-electron chi connectivity index (χ1n) is 6.94. The lowest BCUT2D eigenvalue weighted by molar-refractivity contribution is 0.0911. The number of hydrazine groups is 1. The summed E-state index contributed by atoms with van der Waals surface area (Å²) in [7, 11) is 0. The van der Waals surface area contributed by atoms with Gasteiger partial charge in [-0.1, -0.05) is 13.8 Å². The monoisotopic (exact) mass is 340 g/mol. The SMILES string of the molecule is CC1CCC(NC(=O)c2cc(Br)cnc2NN)CC1C. The summed E-state index contributed by atoms with van der Waals surface area (Å²) in [5, 5.41) is 3.09. The topological polar surface area (TPSA) is 80.0 Å². The Labute approximate surface area is 127 Å². The van der Waals surface area contributed by atoms with Gasteiger partial charge in [0, 0.05) is 16.7 Å². The van der Waals surface area contributed by atoms with Crippen molar-refractivity contribution in [3.8, 4) is 0 Å². The Bertz CT molecular complexity index is 494. The van der Waals surface area contributed by atoms with Crippen LogP contribution in [-0.2, 0) is 0 Å². The van der Waals surface area contributed by atoms with Gasteiger partial charge in [-0.05, 0) is 53.1 Å². The molecule has 0 spiro atoms. The number of aromatic nitrogens is 1. The molecule has 5 nitrogen and oxygen atoms in total. The number of nitrogens with two attached hydrogens (primary N) is 1. The number of anilines is 1. The number of rotatable bonds is 3. The average Bonchev–Trinajstić information content (AvgIpc) is 2.43. The second-order valence-corrected chi connectivity index (χ2v) is 6.55. The van der Waals surface area contributed by atoms with Crippen molar-refractivity contribution < 1.29 is 4.79 Å². The van der Waals surface area contributed by atoms with E-state index in [4.69, 9.17) is 5.84 Å². The fourth-order valence-corrected chi connectivity index (χ4v) is 3.00. The largest absolute Gasteiger partial charge is 0.349 e. The van der Waals surface area contributed by atoms with Crippen LogP contribution in [0.4, 0.5) is 5.82 Å². The maximum atomic E-state index is 12.4. The Morgan fingerprint density at radius 1 is 1.40 bits per heavy atom. The molecule has 1 saturated carbocycles. The van der Waals surface area contributed by atoms with Crippen LogP contribution in [0.15, 0.2) is 16.7 Å². The third-order valence-electron chi connectivity index (χ3n) is 4.17. The predicted octanol–water partition coefficient (Wildman–Crippen LogP) is 2.68. The molecule has 6 heteroatoms. The molecule has 3 atom stereocenters. The molecule has 0 saturated heterocycles. The van der Waals surface area contributed by atoms with Gasteiger partial charge in [-0.25, -0.2) is 10.8 Å². The maximum Gasteiger partial charge on any atom is 0.255 e. The summed E-state index contributed by atoms with van der Waals surface area (Å²) >= 11 is 3.33. The van der Waals surface area contributed by atoms with E-state index in [0.717, 1.165) is 29.7 Å². The third kappa shape index (κ3) is 3.49. The molecule has 3 unspecified atom stereocenters. The Hall–Kier alpha value is -1.14. The van der Waals surface area contributed by atoms with Crippen LogP contribution in [-0.4, -0.2) is 16.9 Å². The van der Waals surface area contributed by atoms with Crippen molar-refractivity contribution in [2.45, 2.75) is 39.2 Å². The molecule has 20 heavy (non-hydrogen) atoms. The molecule has 2 rings (SSSR count). The second kappa shape index (κ2) is 6.54. The van der Waals surface area contributed by atoms with Crippen LogP contribution in [0, 0.1) is 11.8 Å². The van der Waals surface area contributed by atoms with E-state index in [0.29, 0.717) is 17.3 Å². The molecule has 1 aliphatic carbocycles. The summed E-state index contributed by atoms with van der Waals surface area (Å²) in [6.07, 6.45) is 4.82. The highest BCUT2D eigenvalue weighted by Gasteiger charge is 2.26. The van der Waals surface area contributed by atoms with Crippen LogP contribution in [0.1, 0.15) is 43.5 Å². The lowest BCUT2D eigenvalue weighted by Crippen LogP contribution is -2.40. The summed E-state index contributed by atoms with van der Waals surface area (Å²) in [5.41, 5.74) is 2.93. The van der Waals surface area contributed by atoms with E-state index < -0.39 is 0 Å². The maximum absolute atomic E-state index is 12.4. The van der Waals surface area contributed by atoms with Crippen molar-refractivity contribution in [2.24, 2.45) is 17.7 Å². The third-order valence-corrected chi connectivity index (χ3v) is 4.60. The van der Waals surface area contributed by atoms with Crippen molar-refractivity contribution in [3.05, 3.63) is 22.3 Å². The molecule has 1 heterocycles. The minimum absolute atomic E-state index is 0.126. The molecule has 0 aliphatic heterocycles. The van der Waals surface area contributed by atoms with Gasteiger partial charge >= 0.3 is 0 Å². The molecular formula is C14H21BrN4O. The van der Waals surface area contributed by atoms with Crippen LogP contribution >= 0.6 is 15.9 Å². The molecule has 0 aromatic carbocycles. The molecule has 1 aromatic heterocycles. The van der Waals surface area contributed by atoms with E-state index in [1.54, 1.807) is 12.3 Å². The van der Waals surface area contributed by atoms with Gasteiger partial charge < -0.3 is 10.7 Å². The van der Waals surface area contributed by atoms with Gasteiger partial charge in [0.15, 0.2) is 5.82 Å². The van der Waals surface area contributed by atoms with Gasteiger partial charge in [0.1, 0.15) is 0 Å². The Kier molecular flexibility index (Phi) is 4.99. The Morgan fingerprint density at radius 3 is 2.80 bits per heavy atom. The van der Waals surface area contributed by atoms with Gasteiger partial charge in [-0.15, -0.1) is 0 Å². The summed E-state index contributed by atoms with van der Waals surface area (Å²) in [5.74, 6) is 7.04. The number of halogens is 1. The van der Waals surface area contributed by atoms with E-state index in [9.17, 15) is 4.79 Å². The van der Waals surface area contributed by atoms with Gasteiger partial charge in [-0.2, -0.15) is 0 Å². The highest BCUT2D eigenvalue weighted by molar-refractivity contribution is 9.10. The minimum atomic E-state index is -0.126. The minimum Gasteiger partial charge on any atom is -0.349 e. The zero-order valence-corrected chi connectivity index (χ0v) is 13.4. The Balaban J connectivity index is 2.07. The van der Waals surface area contributed by atoms with Crippen molar-refractivity contribution in [1.82, 2.24) is 10.3 Å². The number of nitrogens with zero attached hydrogens (tertiary/aromatic N) is 1. The summed E-state index contributed by atoms with van der Waals surface area (Å²) in [4.78, 5) is 16.5. The number of nitrogens with one attached hydrogen (secondary N) is 2. The molecule has 0 radical (unpaired) electrons. The van der Waals surface area contributed by atoms with Crippen LogP contribution in [0.2, 0.25) is 0 Å². The zero-order valence-electron chi connectivity index (χ0n) is 11.8. The fourth-order valence-electron chi connectivity index (χ4n) is 2.67. The van der Waals surface area contributed by atoms with Crippen molar-refractivity contribution in [2.75, 3.05) is 5.43 Å². The smallest absolute Gasteiger partial charge is 0.255 e. The first-order valence-corrected chi connectivity index (χ1v) is 7.73. The first kappa shape index (κ1) is 15.3. The van der Waals surface area contributed by atoms with E-state index in [2.05, 4.69) is 45.5 Å². The second-order valence-electron chi connectivity index (χ2n) is 5.63. The number of carbonyl (C=O) groups excluding carboxylic acids is 1. The number of hydrogen-bond donors (Lipinski definition) is 3. The Morgan fingerprint density at radius 2 is 2.15 bits per heavy atom. The van der Waals surface area contributed by atoms with Gasteiger partial charge in [0.05, 0.1) is 5.56 Å². The number of carbonyl (C=O) groups is 1. The molecular weight excluding hydrogens is 320 g/mol. The molecule has 1 aliphatic rings. The van der Waals surface area contributed by atoms with E-state index in [-0.39, 0.29) is 11.9 Å². The molecule has 0 bridgehead atoms. The van der Waals surface area contributed by atoms with Crippen LogP contribution in [0.3, 0.4) is 0 Å². The highest BCUT2D eigenvalue weighted by atomic mass is 79.9. The molecule has 1 aromatic rings. The van der Waals surface area contributed by atoms with Crippen LogP contribution < -0.4 is 16.6 Å². The number of amides is 1. The van der Waals surface area contributed by atoms with Crippen molar-refractivity contribution >= 4 is 27.7 Å². The predicted molar refractivity (Wildman–Crippen MR) is 83.2 cm³/mol.